The van der Waals surface area contributed by atoms with Crippen LogP contribution >= 0.6 is 0 Å². The van der Waals surface area contributed by atoms with E-state index < -0.39 is 29.2 Å². The number of hydrogen-bond acceptors (Lipinski definition) is 6. The molecule has 0 fully saturated rings. The van der Waals surface area contributed by atoms with Gasteiger partial charge in [0.05, 0.1) is 6.61 Å². The van der Waals surface area contributed by atoms with Gasteiger partial charge in [0.15, 0.2) is 5.76 Å². The quantitative estimate of drug-likeness (QED) is 0.103. The molecule has 0 aromatic rings. The van der Waals surface area contributed by atoms with Crippen LogP contribution in [0.25, 0.3) is 0 Å². The van der Waals surface area contributed by atoms with Gasteiger partial charge in [0.1, 0.15) is 6.10 Å². The first-order valence-corrected chi connectivity index (χ1v) is 14.1. The molecule has 0 amide bonds. The molecule has 0 saturated carbocycles. The summed E-state index contributed by atoms with van der Waals surface area (Å²) >= 11 is 0. The van der Waals surface area contributed by atoms with Crippen molar-refractivity contribution in [2.75, 3.05) is 13.2 Å². The number of carbonyl (C=O) groups is 1. The Kier molecular flexibility index (Phi) is 17.2. The molecule has 0 spiro atoms. The van der Waals surface area contributed by atoms with Crippen LogP contribution in [0.5, 0.6) is 0 Å². The molecule has 1 aliphatic heterocycles. The molecule has 0 bridgehead atoms. The summed E-state index contributed by atoms with van der Waals surface area (Å²) in [6.07, 6.45) is 20.3. The zero-order valence-electron chi connectivity index (χ0n) is 22.0. The fourth-order valence-corrected chi connectivity index (χ4v) is 4.66. The highest BCUT2D eigenvalue weighted by Crippen LogP contribution is 2.38. The number of ether oxygens (including phenoxy) is 2. The summed E-state index contributed by atoms with van der Waals surface area (Å²) in [7, 11) is 0. The van der Waals surface area contributed by atoms with Gasteiger partial charge in [-0.25, -0.2) is 4.79 Å². The molecule has 6 heteroatoms. The maximum absolute atomic E-state index is 11.9. The molecule has 0 aromatic carbocycles. The molecular formula is C28H52O6. The number of carbonyl (C=O) groups excluding carboxylic acids is 1. The zero-order valence-corrected chi connectivity index (χ0v) is 22.0. The number of esters is 1. The fourth-order valence-electron chi connectivity index (χ4n) is 4.66. The lowest BCUT2D eigenvalue weighted by molar-refractivity contribution is -0.167. The van der Waals surface area contributed by atoms with Crippen molar-refractivity contribution in [1.82, 2.24) is 0 Å². The Morgan fingerprint density at radius 2 is 1.18 bits per heavy atom. The monoisotopic (exact) mass is 484 g/mol. The highest BCUT2D eigenvalue weighted by molar-refractivity contribution is 5.90. The minimum atomic E-state index is -1.60. The van der Waals surface area contributed by atoms with Crippen LogP contribution in [-0.2, 0) is 14.3 Å². The first kappa shape index (κ1) is 30.8. The van der Waals surface area contributed by atoms with E-state index >= 15 is 0 Å². The van der Waals surface area contributed by atoms with E-state index in [1.807, 2.05) is 0 Å². The van der Waals surface area contributed by atoms with Crippen LogP contribution in [0.3, 0.4) is 0 Å². The van der Waals surface area contributed by atoms with Crippen LogP contribution < -0.4 is 0 Å². The summed E-state index contributed by atoms with van der Waals surface area (Å²) in [5.74, 6) is -2.34. The van der Waals surface area contributed by atoms with Crippen molar-refractivity contribution < 1.29 is 29.6 Å². The molecule has 2 atom stereocenters. The van der Waals surface area contributed by atoms with Crippen molar-refractivity contribution in [3.05, 3.63) is 11.5 Å². The lowest BCUT2D eigenvalue weighted by Crippen LogP contribution is -2.47. The molecule has 6 nitrogen and oxygen atoms in total. The lowest BCUT2D eigenvalue weighted by atomic mass is 9.88. The highest BCUT2D eigenvalue weighted by atomic mass is 16.6. The van der Waals surface area contributed by atoms with Crippen molar-refractivity contribution in [1.29, 1.82) is 0 Å². The van der Waals surface area contributed by atoms with Gasteiger partial charge < -0.3 is 24.8 Å². The molecule has 1 heterocycles. The highest BCUT2D eigenvalue weighted by Gasteiger charge is 2.53. The van der Waals surface area contributed by atoms with Gasteiger partial charge >= 0.3 is 5.97 Å². The van der Waals surface area contributed by atoms with E-state index in [0.29, 0.717) is 13.0 Å². The maximum Gasteiger partial charge on any atom is 0.378 e. The molecule has 0 aromatic heterocycles. The van der Waals surface area contributed by atoms with Crippen molar-refractivity contribution in [3.63, 3.8) is 0 Å². The number of aliphatic hydroxyl groups excluding tert-OH is 3. The Labute approximate surface area is 208 Å². The first-order valence-electron chi connectivity index (χ1n) is 14.1. The summed E-state index contributed by atoms with van der Waals surface area (Å²) in [5.41, 5.74) is -1.60. The number of cyclic esters (lactones) is 1. The van der Waals surface area contributed by atoms with Gasteiger partial charge in [-0.05, 0) is 19.3 Å². The number of rotatable bonds is 23. The Morgan fingerprint density at radius 3 is 1.62 bits per heavy atom. The summed E-state index contributed by atoms with van der Waals surface area (Å²) < 4.78 is 11.0. The zero-order chi connectivity index (χ0) is 25.1. The van der Waals surface area contributed by atoms with Gasteiger partial charge in [-0.3, -0.25) is 0 Å². The second-order valence-electron chi connectivity index (χ2n) is 9.97. The van der Waals surface area contributed by atoms with Crippen LogP contribution in [0.15, 0.2) is 11.5 Å². The SMILES string of the molecule is CCCCCCCCCCCCOC[C@H](O)[C@@]1(CCCCCCCCCC)OC(=O)C(O)=C1O. The van der Waals surface area contributed by atoms with Crippen molar-refractivity contribution in [2.24, 2.45) is 0 Å². The van der Waals surface area contributed by atoms with Gasteiger partial charge in [0.25, 0.3) is 0 Å². The van der Waals surface area contributed by atoms with Gasteiger partial charge in [-0.1, -0.05) is 117 Å². The minimum absolute atomic E-state index is 0.0426. The average molecular weight is 485 g/mol. The molecule has 0 unspecified atom stereocenters. The van der Waals surface area contributed by atoms with E-state index in [1.165, 1.54) is 77.0 Å². The van der Waals surface area contributed by atoms with Gasteiger partial charge in [0.2, 0.25) is 11.4 Å². The summed E-state index contributed by atoms with van der Waals surface area (Å²) in [5, 5.41) is 31.0. The lowest BCUT2D eigenvalue weighted by Gasteiger charge is -2.32. The number of unbranched alkanes of at least 4 members (excludes halogenated alkanes) is 16. The van der Waals surface area contributed by atoms with Crippen molar-refractivity contribution in [3.8, 4) is 0 Å². The Balaban J connectivity index is 2.28. The van der Waals surface area contributed by atoms with E-state index in [9.17, 15) is 20.1 Å². The van der Waals surface area contributed by atoms with E-state index in [-0.39, 0.29) is 13.0 Å². The van der Waals surface area contributed by atoms with Crippen molar-refractivity contribution >= 4 is 5.97 Å². The Morgan fingerprint density at radius 1 is 0.735 bits per heavy atom. The standard InChI is InChI=1S/C28H52O6/c1-3-5-7-9-11-13-14-16-18-20-22-33-23-24(29)28(26(31)25(30)27(32)34-28)21-19-17-15-12-10-8-6-4-2/h24,29-31H,3-23H2,1-2H3/t24-,28+/m0/s1. The third-order valence-corrected chi connectivity index (χ3v) is 6.95. The molecular weight excluding hydrogens is 432 g/mol. The molecule has 34 heavy (non-hydrogen) atoms. The average Bonchev–Trinajstić information content (AvgIpc) is 3.05. The predicted octanol–water partition coefficient (Wildman–Crippen LogP) is 7.44. The fraction of sp³-hybridized carbons (Fsp3) is 0.893. The van der Waals surface area contributed by atoms with Gasteiger partial charge in [-0.2, -0.15) is 0 Å². The normalized spacial score (nSPS) is 19.1. The van der Waals surface area contributed by atoms with E-state index in [1.54, 1.807) is 0 Å². The summed E-state index contributed by atoms with van der Waals surface area (Å²) in [6, 6.07) is 0. The summed E-state index contributed by atoms with van der Waals surface area (Å²) in [4.78, 5) is 11.9. The second kappa shape index (κ2) is 19.0. The van der Waals surface area contributed by atoms with Gasteiger partial charge in [0, 0.05) is 6.61 Å². The Bertz CT molecular complexity index is 561. The topological polar surface area (TPSA) is 96.2 Å². The molecule has 0 saturated heterocycles. The largest absolute Gasteiger partial charge is 0.505 e. The Hall–Kier alpha value is -1.27. The van der Waals surface area contributed by atoms with E-state index in [0.717, 1.165) is 32.1 Å². The third-order valence-electron chi connectivity index (χ3n) is 6.95. The molecule has 200 valence electrons. The number of aliphatic hydroxyl groups is 3. The maximum atomic E-state index is 11.9. The van der Waals surface area contributed by atoms with Crippen molar-refractivity contribution in [2.45, 2.75) is 148 Å². The summed E-state index contributed by atoms with van der Waals surface area (Å²) in [6.45, 7) is 4.91. The van der Waals surface area contributed by atoms with E-state index in [4.69, 9.17) is 9.47 Å². The van der Waals surface area contributed by atoms with Crippen LogP contribution in [0.2, 0.25) is 0 Å². The second-order valence-corrected chi connectivity index (χ2v) is 9.97. The number of hydrogen-bond donors (Lipinski definition) is 3. The van der Waals surface area contributed by atoms with Crippen LogP contribution in [0.4, 0.5) is 0 Å². The molecule has 1 rings (SSSR count). The van der Waals surface area contributed by atoms with Gasteiger partial charge in [-0.15, -0.1) is 0 Å². The smallest absolute Gasteiger partial charge is 0.378 e. The molecule has 1 aliphatic rings. The third kappa shape index (κ3) is 11.4. The molecule has 0 aliphatic carbocycles. The molecule has 0 radical (unpaired) electrons. The predicted molar refractivity (Wildman–Crippen MR) is 137 cm³/mol. The first-order chi connectivity index (χ1) is 16.5. The van der Waals surface area contributed by atoms with E-state index in [2.05, 4.69) is 13.8 Å². The van der Waals surface area contributed by atoms with Crippen LogP contribution in [0, 0.1) is 0 Å². The van der Waals surface area contributed by atoms with Crippen LogP contribution in [-0.4, -0.2) is 46.2 Å². The minimum Gasteiger partial charge on any atom is -0.505 e. The van der Waals surface area contributed by atoms with Crippen LogP contribution in [0.1, 0.15) is 136 Å². The molecule has 3 N–H and O–H groups in total.